The molecule has 8 rings (SSSR count). The number of halogens is 2. The fraction of sp³-hybridized carbons (Fsp3) is 0.473. The number of fused-ring (bicyclic) bond motifs is 5. The van der Waals surface area contributed by atoms with E-state index in [0.717, 1.165) is 24.6 Å². The van der Waals surface area contributed by atoms with E-state index in [1.807, 2.05) is 6.92 Å². The Morgan fingerprint density at radius 1 is 0.786 bits per heavy atom. The molecule has 4 aromatic carbocycles. The molecule has 6 amide bonds. The number of carbonyl (C=O) groups is 11. The van der Waals surface area contributed by atoms with Crippen molar-refractivity contribution < 1.29 is 81.6 Å². The number of carbonyl (C=O) groups excluding carboxylic acids is 11. The van der Waals surface area contributed by atoms with Crippen LogP contribution in [0.1, 0.15) is 163 Å². The highest BCUT2D eigenvalue weighted by Gasteiger charge is 2.74. The maximum Gasteiger partial charge on any atom is 0.350 e. The average molecular weight is 1370 g/mol. The Balaban J connectivity index is 0.929. The van der Waals surface area contributed by atoms with Gasteiger partial charge in [0, 0.05) is 67.0 Å². The molecule has 24 heteroatoms. The SMILES string of the molecule is CC1=C2[C@@H](C)C(=O)[C@@]3(C)[C@H]([C@H](OC(=O)c4ccccc4)[C@](O)(C[C@@H]1OC(=O)[C@H](OC(=O)CCC(=O)NCCCCC(NC(=O)CC[C@H](CC(=O)C(C)NC(=O)/C=C/c1ccc(F)cc1Cl)C(N)=O)C(N)=O)[C@@H](NC(=O)c1ccccc1)c1ccccc1)C2(C)C)[C@]1(C)CC[C@@H]1C[C@@H]3O. The highest BCUT2D eigenvalue weighted by molar-refractivity contribution is 6.32. The Hall–Kier alpha value is -8.93. The number of primary amides is 2. The maximum atomic E-state index is 15.6. The lowest BCUT2D eigenvalue weighted by Crippen LogP contribution is -2.74. The van der Waals surface area contributed by atoms with Crippen LogP contribution in [0.5, 0.6) is 0 Å². The Morgan fingerprint density at radius 2 is 1.43 bits per heavy atom. The molecule has 0 spiro atoms. The zero-order valence-corrected chi connectivity index (χ0v) is 56.9. The zero-order chi connectivity index (χ0) is 71.6. The van der Waals surface area contributed by atoms with Crippen molar-refractivity contribution in [1.82, 2.24) is 21.3 Å². The van der Waals surface area contributed by atoms with Gasteiger partial charge in [-0.3, -0.25) is 43.2 Å². The van der Waals surface area contributed by atoms with Crippen LogP contribution >= 0.6 is 11.6 Å². The van der Waals surface area contributed by atoms with Gasteiger partial charge < -0.3 is 57.2 Å². The summed E-state index contributed by atoms with van der Waals surface area (Å²) in [6.45, 7) is 12.1. The average Bonchev–Trinajstić information content (AvgIpc) is 0.674. The monoisotopic (exact) mass is 1370 g/mol. The molecule has 0 radical (unpaired) electrons. The van der Waals surface area contributed by atoms with Gasteiger partial charge in [0.2, 0.25) is 35.6 Å². The van der Waals surface area contributed by atoms with Gasteiger partial charge in [-0.25, -0.2) is 14.0 Å². The fourth-order valence-electron chi connectivity index (χ4n) is 15.1. The molecule has 0 saturated heterocycles. The van der Waals surface area contributed by atoms with Gasteiger partial charge in [-0.15, -0.1) is 0 Å². The van der Waals surface area contributed by atoms with E-state index >= 15 is 9.59 Å². The molecule has 98 heavy (non-hydrogen) atoms. The predicted molar refractivity (Wildman–Crippen MR) is 359 cm³/mol. The molecule has 2 bridgehead atoms. The van der Waals surface area contributed by atoms with Crippen LogP contribution in [-0.2, 0) is 57.4 Å². The molecular weight excluding hydrogens is 1280 g/mol. The van der Waals surface area contributed by atoms with E-state index in [1.54, 1.807) is 126 Å². The standard InChI is InChI=1S/C74H88ClFN6O16/c1-41-54(40-74(95)65(98-69(93)47-23-15-10-16-24-47)63-72(6)35-34-49(72)38-55(84)73(63,7)64(89)42(2)60(41)71(74,4)5)96-70(94)62(61(45-19-11-8-12-20-45)82-68(92)46-21-13-9-14-22-46)97-59(88)33-32-56(85)79-36-18-17-25-52(67(78)91)81-58(87)31-28-48(66(77)90)37-53(83)43(3)80-57(86)30-27-44-26-29-50(76)39-51(44)75/h8-16,19-24,26-27,29-30,39,42-43,48-49,52,54-55,61-63,65,84,95H,17-18,25,28,31-38,40H2,1-7H3,(H2,77,90)(H2,78,91)(H,79,85)(H,80,86)(H,81,87)(H,82,92)/b30-27+/t42-,43?,48-,49-,52?,54+,55+,61+,62-,63-,65+,72-,73-,74-/m1/s1. The molecule has 0 heterocycles. The largest absolute Gasteiger partial charge is 0.455 e. The van der Waals surface area contributed by atoms with Gasteiger partial charge in [-0.2, -0.15) is 0 Å². The Labute approximate surface area is 574 Å². The summed E-state index contributed by atoms with van der Waals surface area (Å²) in [5, 5.41) is 36.8. The van der Waals surface area contributed by atoms with Crippen LogP contribution in [0.3, 0.4) is 0 Å². The molecule has 22 nitrogen and oxygen atoms in total. The zero-order valence-electron chi connectivity index (χ0n) is 56.1. The summed E-state index contributed by atoms with van der Waals surface area (Å²) in [7, 11) is 0. The summed E-state index contributed by atoms with van der Waals surface area (Å²) < 4.78 is 32.6. The van der Waals surface area contributed by atoms with E-state index in [1.165, 1.54) is 19.1 Å². The number of aliphatic hydroxyl groups excluding tert-OH is 1. The van der Waals surface area contributed by atoms with E-state index in [9.17, 15) is 57.8 Å². The van der Waals surface area contributed by atoms with Crippen LogP contribution in [0.2, 0.25) is 5.02 Å². The quantitative estimate of drug-likeness (QED) is 0.00853. The van der Waals surface area contributed by atoms with Crippen molar-refractivity contribution in [1.29, 1.82) is 0 Å². The number of benzene rings is 4. The number of esters is 3. The van der Waals surface area contributed by atoms with Crippen molar-refractivity contribution in [2.45, 2.75) is 174 Å². The van der Waals surface area contributed by atoms with Crippen LogP contribution in [0.25, 0.3) is 6.08 Å². The van der Waals surface area contributed by atoms with Gasteiger partial charge in [-0.1, -0.05) is 112 Å². The third-order valence-corrected chi connectivity index (χ3v) is 21.2. The molecule has 10 N–H and O–H groups in total. The summed E-state index contributed by atoms with van der Waals surface area (Å²) in [6.07, 6.45) is -3.59. The lowest BCUT2D eigenvalue weighted by Gasteiger charge is -2.68. The van der Waals surface area contributed by atoms with Crippen LogP contribution in [0.15, 0.2) is 126 Å². The van der Waals surface area contributed by atoms with Crippen molar-refractivity contribution in [3.8, 4) is 0 Å². The van der Waals surface area contributed by atoms with Gasteiger partial charge in [-0.05, 0) is 142 Å². The number of unbranched alkanes of at least 4 members (excludes halogenated alkanes) is 1. The number of amides is 6. The van der Waals surface area contributed by atoms with Crippen LogP contribution < -0.4 is 32.7 Å². The first-order chi connectivity index (χ1) is 46.3. The summed E-state index contributed by atoms with van der Waals surface area (Å²) in [4.78, 5) is 151. The van der Waals surface area contributed by atoms with Gasteiger partial charge in [0.05, 0.1) is 34.6 Å². The summed E-state index contributed by atoms with van der Waals surface area (Å²) in [5.41, 5.74) is 7.35. The number of hydrogen-bond acceptors (Lipinski definition) is 16. The minimum atomic E-state index is -2.11. The van der Waals surface area contributed by atoms with E-state index in [2.05, 4.69) is 21.3 Å². The molecule has 4 aliphatic rings. The first-order valence-corrected chi connectivity index (χ1v) is 33.5. The van der Waals surface area contributed by atoms with Crippen molar-refractivity contribution >= 4 is 82.6 Å². The molecule has 3 saturated carbocycles. The minimum absolute atomic E-state index is 0.0405. The van der Waals surface area contributed by atoms with Crippen LogP contribution in [0.4, 0.5) is 4.39 Å². The number of rotatable bonds is 29. The number of ether oxygens (including phenoxy) is 3. The Bertz CT molecular complexity index is 3740. The summed E-state index contributed by atoms with van der Waals surface area (Å²) in [6, 6.07) is 24.5. The Kier molecular flexibility index (Phi) is 24.2. The second kappa shape index (κ2) is 31.7. The number of aliphatic hydroxyl groups is 2. The van der Waals surface area contributed by atoms with Crippen LogP contribution in [0, 0.1) is 45.7 Å². The van der Waals surface area contributed by atoms with Crippen molar-refractivity contribution in [3.05, 3.63) is 160 Å². The number of nitrogens with one attached hydrogen (secondary N) is 4. The summed E-state index contributed by atoms with van der Waals surface area (Å²) >= 11 is 6.01. The molecule has 4 aliphatic carbocycles. The second-order valence-corrected chi connectivity index (χ2v) is 27.8. The third-order valence-electron chi connectivity index (χ3n) is 20.9. The van der Waals surface area contributed by atoms with E-state index in [4.69, 9.17) is 37.3 Å². The van der Waals surface area contributed by atoms with Gasteiger partial charge in [0.25, 0.3) is 5.91 Å². The minimum Gasteiger partial charge on any atom is -0.455 e. The maximum absolute atomic E-state index is 15.6. The van der Waals surface area contributed by atoms with Gasteiger partial charge in [0.15, 0.2) is 5.78 Å². The molecular formula is C74H88ClFN6O16. The third kappa shape index (κ3) is 16.6. The molecule has 3 fully saturated rings. The van der Waals surface area contributed by atoms with Crippen LogP contribution in [-0.4, -0.2) is 124 Å². The first kappa shape index (κ1) is 74.9. The normalized spacial score (nSPS) is 25.3. The summed E-state index contributed by atoms with van der Waals surface area (Å²) in [5.74, 6) is -11.9. The molecule has 14 atom stereocenters. The van der Waals surface area contributed by atoms with Crippen molar-refractivity contribution in [3.63, 3.8) is 0 Å². The molecule has 0 aliphatic heterocycles. The smallest absolute Gasteiger partial charge is 0.350 e. The number of hydrogen-bond donors (Lipinski definition) is 8. The van der Waals surface area contributed by atoms with E-state index in [-0.39, 0.29) is 66.5 Å². The molecule has 2 unspecified atom stereocenters. The molecule has 4 aromatic rings. The highest BCUT2D eigenvalue weighted by atomic mass is 35.5. The van der Waals surface area contributed by atoms with E-state index in [0.29, 0.717) is 35.1 Å². The predicted octanol–water partition coefficient (Wildman–Crippen LogP) is 7.59. The highest BCUT2D eigenvalue weighted by Crippen LogP contribution is 2.70. The molecule has 0 aromatic heterocycles. The number of nitrogens with two attached hydrogens (primary N) is 2. The van der Waals surface area contributed by atoms with Crippen molar-refractivity contribution in [2.75, 3.05) is 6.54 Å². The number of Topliss-reactive ketones (excluding diaryl/α,β-unsaturated/α-hetero) is 2. The second-order valence-electron chi connectivity index (χ2n) is 27.4. The first-order valence-electron chi connectivity index (χ1n) is 33.2. The topological polar surface area (TPSA) is 356 Å². The van der Waals surface area contributed by atoms with E-state index < -0.39 is 173 Å². The molecule has 524 valence electrons. The van der Waals surface area contributed by atoms with Crippen molar-refractivity contribution in [2.24, 2.45) is 51.4 Å². The number of ketones is 2. The van der Waals surface area contributed by atoms with Gasteiger partial charge in [0.1, 0.15) is 41.5 Å². The fourth-order valence-corrected chi connectivity index (χ4v) is 15.3. The lowest BCUT2D eigenvalue weighted by molar-refractivity contribution is -0.265. The lowest BCUT2D eigenvalue weighted by atomic mass is 9.37. The van der Waals surface area contributed by atoms with Gasteiger partial charge >= 0.3 is 17.9 Å². The Morgan fingerprint density at radius 3 is 2.04 bits per heavy atom.